The molecule has 0 bridgehead atoms. The van der Waals surface area contributed by atoms with Gasteiger partial charge in [0.25, 0.3) is 0 Å². The van der Waals surface area contributed by atoms with Crippen LogP contribution in [-0.2, 0) is 20.9 Å². The van der Waals surface area contributed by atoms with Gasteiger partial charge in [0.15, 0.2) is 10.9 Å². The Morgan fingerprint density at radius 2 is 1.94 bits per heavy atom. The predicted molar refractivity (Wildman–Crippen MR) is 124 cm³/mol. The van der Waals surface area contributed by atoms with Crippen LogP contribution in [0.5, 0.6) is 0 Å². The second kappa shape index (κ2) is 10.2. The van der Waals surface area contributed by atoms with Gasteiger partial charge in [0, 0.05) is 18.7 Å². The number of amides is 1. The molecule has 0 aliphatic rings. The van der Waals surface area contributed by atoms with Crippen LogP contribution in [0.2, 0.25) is 5.02 Å². The third-order valence-corrected chi connectivity index (χ3v) is 6.47. The first kappa shape index (κ1) is 23.1. The number of hydrogen-bond acceptors (Lipinski definition) is 7. The van der Waals surface area contributed by atoms with Crippen LogP contribution in [0.3, 0.4) is 0 Å². The smallest absolute Gasteiger partial charge is 0.306 e. The number of ether oxygens (including phenoxy) is 1. The molecular formula is C22H21ClN2O4S2. The number of ketones is 1. The molecule has 0 spiro atoms. The lowest BCUT2D eigenvalue weighted by atomic mass is 10.1. The molecule has 0 N–H and O–H groups in total. The van der Waals surface area contributed by atoms with E-state index in [0.29, 0.717) is 26.4 Å². The van der Waals surface area contributed by atoms with Crippen molar-refractivity contribution in [1.29, 1.82) is 0 Å². The molecule has 6 nitrogen and oxygen atoms in total. The minimum absolute atomic E-state index is 0.00542. The first-order chi connectivity index (χ1) is 14.8. The monoisotopic (exact) mass is 476 g/mol. The Labute approximate surface area is 193 Å². The molecule has 2 aromatic heterocycles. The second-order valence-corrected chi connectivity index (χ2v) is 9.14. The molecule has 0 atom stereocenters. The Morgan fingerprint density at radius 3 is 2.58 bits per heavy atom. The molecule has 0 aliphatic carbocycles. The largest absolute Gasteiger partial charge is 0.459 e. The Morgan fingerprint density at radius 1 is 1.16 bits per heavy atom. The van der Waals surface area contributed by atoms with Gasteiger partial charge in [-0.2, -0.15) is 0 Å². The van der Waals surface area contributed by atoms with Gasteiger partial charge in [-0.3, -0.25) is 19.3 Å². The van der Waals surface area contributed by atoms with Gasteiger partial charge in [0.1, 0.15) is 6.61 Å². The van der Waals surface area contributed by atoms with Crippen molar-refractivity contribution in [3.05, 3.63) is 61.7 Å². The van der Waals surface area contributed by atoms with E-state index in [1.165, 1.54) is 34.5 Å². The number of Topliss-reactive ketones (excluding diaryl/α,β-unsaturated/α-hetero) is 1. The van der Waals surface area contributed by atoms with Crippen LogP contribution in [0.4, 0.5) is 10.8 Å². The number of nitrogens with zero attached hydrogens (tertiary/aromatic N) is 2. The highest BCUT2D eigenvalue weighted by Gasteiger charge is 2.23. The minimum Gasteiger partial charge on any atom is -0.459 e. The van der Waals surface area contributed by atoms with Gasteiger partial charge < -0.3 is 4.74 Å². The quantitative estimate of drug-likeness (QED) is 0.300. The van der Waals surface area contributed by atoms with E-state index in [2.05, 4.69) is 4.98 Å². The van der Waals surface area contributed by atoms with Crippen LogP contribution >= 0.6 is 34.3 Å². The highest BCUT2D eigenvalue weighted by atomic mass is 35.5. The number of carbonyl (C=O) groups excluding carboxylic acids is 3. The Balaban J connectivity index is 1.64. The van der Waals surface area contributed by atoms with Crippen molar-refractivity contribution in [2.24, 2.45) is 0 Å². The molecule has 1 aromatic carbocycles. The normalized spacial score (nSPS) is 10.7. The van der Waals surface area contributed by atoms with Crippen molar-refractivity contribution in [3.8, 4) is 0 Å². The van der Waals surface area contributed by atoms with Gasteiger partial charge in [-0.05, 0) is 42.5 Å². The first-order valence-electron chi connectivity index (χ1n) is 9.50. The molecule has 31 heavy (non-hydrogen) atoms. The number of halogens is 1. The van der Waals surface area contributed by atoms with E-state index in [1.54, 1.807) is 23.6 Å². The zero-order valence-electron chi connectivity index (χ0n) is 17.3. The van der Waals surface area contributed by atoms with Gasteiger partial charge in [0.05, 0.1) is 27.7 Å². The maximum Gasteiger partial charge on any atom is 0.306 e. The zero-order valence-corrected chi connectivity index (χ0v) is 19.7. The predicted octanol–water partition coefficient (Wildman–Crippen LogP) is 5.87. The summed E-state index contributed by atoms with van der Waals surface area (Å²) < 4.78 is 5.25. The Kier molecular flexibility index (Phi) is 7.59. The van der Waals surface area contributed by atoms with Crippen molar-refractivity contribution < 1.29 is 19.1 Å². The number of esters is 1. The van der Waals surface area contributed by atoms with Crippen LogP contribution in [0.15, 0.2) is 35.0 Å². The number of thiazole rings is 1. The second-order valence-electron chi connectivity index (χ2n) is 6.95. The summed E-state index contributed by atoms with van der Waals surface area (Å²) in [6.45, 7) is 5.23. The lowest BCUT2D eigenvalue weighted by molar-refractivity contribution is -0.145. The van der Waals surface area contributed by atoms with Gasteiger partial charge in [-0.25, -0.2) is 4.98 Å². The first-order valence-corrected chi connectivity index (χ1v) is 11.6. The highest BCUT2D eigenvalue weighted by Crippen LogP contribution is 2.37. The molecule has 0 fully saturated rings. The standard InChI is InChI=1S/C22H21ClN2O4S2/c1-13-9-14(2)21(17(23)10-13)25(15(3)26)22-24-16(12-31-22)11-29-20(28)7-6-18(27)19-5-4-8-30-19/h4-5,8-10,12H,6-7,11H2,1-3H3. The number of thiophene rings is 1. The maximum atomic E-state index is 12.4. The van der Waals surface area contributed by atoms with Crippen molar-refractivity contribution in [1.82, 2.24) is 4.98 Å². The summed E-state index contributed by atoms with van der Waals surface area (Å²) in [5, 5.41) is 4.46. The number of carbonyl (C=O) groups is 3. The molecule has 1 amide bonds. The number of rotatable bonds is 8. The molecule has 9 heteroatoms. The Hall–Kier alpha value is -2.55. The summed E-state index contributed by atoms with van der Waals surface area (Å²) in [4.78, 5) is 42.9. The SMILES string of the molecule is CC(=O)N(c1nc(COC(=O)CCC(=O)c2cccs2)cs1)c1c(C)cc(C)cc1Cl. The molecule has 3 rings (SSSR count). The van der Waals surface area contributed by atoms with Crippen molar-refractivity contribution in [3.63, 3.8) is 0 Å². The molecular weight excluding hydrogens is 456 g/mol. The molecule has 3 aromatic rings. The zero-order chi connectivity index (χ0) is 22.5. The molecule has 2 heterocycles. The van der Waals surface area contributed by atoms with Crippen LogP contribution in [0.25, 0.3) is 0 Å². The number of aryl methyl sites for hydroxylation is 2. The molecule has 0 saturated carbocycles. The molecule has 162 valence electrons. The molecule has 0 saturated heterocycles. The summed E-state index contributed by atoms with van der Waals surface area (Å²) in [5.41, 5.74) is 2.97. The number of hydrogen-bond donors (Lipinski definition) is 0. The number of aromatic nitrogens is 1. The van der Waals surface area contributed by atoms with Crippen molar-refractivity contribution >= 4 is 62.8 Å². The van der Waals surface area contributed by atoms with Crippen molar-refractivity contribution in [2.45, 2.75) is 40.2 Å². The highest BCUT2D eigenvalue weighted by molar-refractivity contribution is 7.14. The third kappa shape index (κ3) is 5.78. The summed E-state index contributed by atoms with van der Waals surface area (Å²) in [6.07, 6.45) is 0.108. The van der Waals surface area contributed by atoms with E-state index < -0.39 is 5.97 Å². The number of anilines is 2. The van der Waals surface area contributed by atoms with Crippen LogP contribution in [0, 0.1) is 13.8 Å². The fraction of sp³-hybridized carbons (Fsp3) is 0.273. The lowest BCUT2D eigenvalue weighted by Crippen LogP contribution is -2.24. The lowest BCUT2D eigenvalue weighted by Gasteiger charge is -2.22. The van der Waals surface area contributed by atoms with E-state index in [0.717, 1.165) is 11.1 Å². The summed E-state index contributed by atoms with van der Waals surface area (Å²) in [7, 11) is 0. The minimum atomic E-state index is -0.472. The maximum absolute atomic E-state index is 12.4. The average Bonchev–Trinajstić information content (AvgIpc) is 3.39. The van der Waals surface area contributed by atoms with Crippen LogP contribution < -0.4 is 4.90 Å². The fourth-order valence-corrected chi connectivity index (χ4v) is 5.00. The average molecular weight is 477 g/mol. The van der Waals surface area contributed by atoms with Gasteiger partial charge in [0.2, 0.25) is 5.91 Å². The Bertz CT molecular complexity index is 1090. The summed E-state index contributed by atoms with van der Waals surface area (Å²) in [5.74, 6) is -0.774. The van der Waals surface area contributed by atoms with Gasteiger partial charge >= 0.3 is 5.97 Å². The van der Waals surface area contributed by atoms with Gasteiger partial charge in [-0.1, -0.05) is 23.7 Å². The van der Waals surface area contributed by atoms with E-state index in [4.69, 9.17) is 16.3 Å². The van der Waals surface area contributed by atoms with E-state index in [9.17, 15) is 14.4 Å². The van der Waals surface area contributed by atoms with Crippen LogP contribution in [0.1, 0.15) is 46.3 Å². The fourth-order valence-electron chi connectivity index (χ4n) is 3.05. The van der Waals surface area contributed by atoms with E-state index >= 15 is 0 Å². The summed E-state index contributed by atoms with van der Waals surface area (Å²) in [6, 6.07) is 7.28. The molecule has 0 aliphatic heterocycles. The van der Waals surface area contributed by atoms with Crippen LogP contribution in [-0.4, -0.2) is 22.6 Å². The van der Waals surface area contributed by atoms with Gasteiger partial charge in [-0.15, -0.1) is 22.7 Å². The van der Waals surface area contributed by atoms with Crippen molar-refractivity contribution in [2.75, 3.05) is 4.90 Å². The third-order valence-electron chi connectivity index (χ3n) is 4.40. The molecule has 0 radical (unpaired) electrons. The topological polar surface area (TPSA) is 76.6 Å². The summed E-state index contributed by atoms with van der Waals surface area (Å²) >= 11 is 9.03. The molecule has 0 unspecified atom stereocenters. The van der Waals surface area contributed by atoms with E-state index in [-0.39, 0.29) is 31.1 Å². The number of benzene rings is 1. The van der Waals surface area contributed by atoms with E-state index in [1.807, 2.05) is 25.3 Å².